The van der Waals surface area contributed by atoms with E-state index in [9.17, 15) is 15.0 Å². The zero-order valence-electron chi connectivity index (χ0n) is 9.21. The Morgan fingerprint density at radius 2 is 2.00 bits per heavy atom. The highest BCUT2D eigenvalue weighted by atomic mass is 16.4. The molecule has 0 aliphatic rings. The van der Waals surface area contributed by atoms with E-state index in [0.717, 1.165) is 0 Å². The summed E-state index contributed by atoms with van der Waals surface area (Å²) in [5, 5.41) is 28.5. The van der Waals surface area contributed by atoms with Crippen molar-refractivity contribution in [1.29, 1.82) is 0 Å². The Balaban J connectivity index is 3.15. The first-order valence-corrected chi connectivity index (χ1v) is 5.17. The second-order valence-corrected chi connectivity index (χ2v) is 3.70. The molecule has 6 heteroatoms. The van der Waals surface area contributed by atoms with Crippen molar-refractivity contribution in [1.82, 2.24) is 0 Å². The lowest BCUT2D eigenvalue weighted by atomic mass is 9.95. The van der Waals surface area contributed by atoms with E-state index in [1.54, 1.807) is 0 Å². The van der Waals surface area contributed by atoms with Crippen LogP contribution in [0.4, 0.5) is 5.69 Å². The van der Waals surface area contributed by atoms with Crippen LogP contribution in [0.25, 0.3) is 0 Å². The first kappa shape index (κ1) is 13.4. The summed E-state index contributed by atoms with van der Waals surface area (Å²) >= 11 is 0. The van der Waals surface area contributed by atoms with Gasteiger partial charge in [-0.1, -0.05) is 6.07 Å². The van der Waals surface area contributed by atoms with Crippen LogP contribution < -0.4 is 11.5 Å². The molecule has 2 unspecified atom stereocenters. The smallest absolute Gasteiger partial charge is 0.336 e. The predicted octanol–water partition coefficient (Wildman–Crippen LogP) is -0.290. The number of hydrogen-bond donors (Lipinski definition) is 5. The maximum absolute atomic E-state index is 11.0. The highest BCUT2D eigenvalue weighted by molar-refractivity contribution is 5.91. The number of carboxylic acid groups (broad SMARTS) is 1. The van der Waals surface area contributed by atoms with E-state index in [0.29, 0.717) is 0 Å². The molecule has 1 aromatic carbocycles. The summed E-state index contributed by atoms with van der Waals surface area (Å²) in [5.74, 6) is -1.20. The third-order valence-corrected chi connectivity index (χ3v) is 2.49. The fourth-order valence-corrected chi connectivity index (χ4v) is 1.62. The van der Waals surface area contributed by atoms with Crippen molar-refractivity contribution in [2.75, 3.05) is 12.3 Å². The molecule has 0 aromatic heterocycles. The molecule has 7 N–H and O–H groups in total. The van der Waals surface area contributed by atoms with E-state index in [-0.39, 0.29) is 29.8 Å². The van der Waals surface area contributed by atoms with E-state index in [2.05, 4.69) is 0 Å². The monoisotopic (exact) mass is 240 g/mol. The number of anilines is 1. The van der Waals surface area contributed by atoms with Crippen molar-refractivity contribution >= 4 is 11.7 Å². The molecule has 1 aromatic rings. The largest absolute Gasteiger partial charge is 0.478 e. The summed E-state index contributed by atoms with van der Waals surface area (Å²) < 4.78 is 0. The van der Waals surface area contributed by atoms with Gasteiger partial charge in [-0.15, -0.1) is 0 Å². The van der Waals surface area contributed by atoms with Crippen LogP contribution >= 0.6 is 0 Å². The molecule has 2 atom stereocenters. The average molecular weight is 240 g/mol. The lowest BCUT2D eigenvalue weighted by molar-refractivity contribution is 0.0145. The molecule has 94 valence electrons. The van der Waals surface area contributed by atoms with Crippen LogP contribution in [-0.4, -0.2) is 33.9 Å². The molecule has 0 fully saturated rings. The minimum Gasteiger partial charge on any atom is -0.478 e. The normalized spacial score (nSPS) is 14.3. The van der Waals surface area contributed by atoms with Gasteiger partial charge in [-0.3, -0.25) is 0 Å². The fraction of sp³-hybridized carbons (Fsp3) is 0.364. The second kappa shape index (κ2) is 5.62. The summed E-state index contributed by atoms with van der Waals surface area (Å²) in [6, 6.07) is 4.27. The molecule has 0 amide bonds. The Hall–Kier alpha value is -1.63. The van der Waals surface area contributed by atoms with Gasteiger partial charge in [-0.25, -0.2) is 4.79 Å². The van der Waals surface area contributed by atoms with Crippen LogP contribution in [0, 0.1) is 0 Å². The molecule has 0 saturated heterocycles. The number of nitrogen functional groups attached to an aromatic ring is 1. The van der Waals surface area contributed by atoms with Crippen molar-refractivity contribution < 1.29 is 20.1 Å². The van der Waals surface area contributed by atoms with Crippen LogP contribution in [0.2, 0.25) is 0 Å². The molecule has 1 rings (SSSR count). The molecule has 17 heavy (non-hydrogen) atoms. The van der Waals surface area contributed by atoms with Gasteiger partial charge < -0.3 is 26.8 Å². The van der Waals surface area contributed by atoms with Gasteiger partial charge in [0, 0.05) is 11.3 Å². The number of carbonyl (C=O) groups is 1. The van der Waals surface area contributed by atoms with Crippen molar-refractivity contribution in [2.24, 2.45) is 5.73 Å². The zero-order chi connectivity index (χ0) is 13.0. The van der Waals surface area contributed by atoms with Crippen molar-refractivity contribution in [3.8, 4) is 0 Å². The van der Waals surface area contributed by atoms with Gasteiger partial charge in [0.05, 0.1) is 11.7 Å². The quantitative estimate of drug-likeness (QED) is 0.450. The highest BCUT2D eigenvalue weighted by Crippen LogP contribution is 2.28. The number of nitrogens with two attached hydrogens (primary N) is 2. The van der Waals surface area contributed by atoms with Gasteiger partial charge in [-0.05, 0) is 25.1 Å². The number of aliphatic hydroxyl groups is 2. The highest BCUT2D eigenvalue weighted by Gasteiger charge is 2.25. The fourth-order valence-electron chi connectivity index (χ4n) is 1.62. The molecule has 0 saturated carbocycles. The van der Waals surface area contributed by atoms with E-state index in [4.69, 9.17) is 16.6 Å². The van der Waals surface area contributed by atoms with Gasteiger partial charge >= 0.3 is 5.97 Å². The van der Waals surface area contributed by atoms with Crippen molar-refractivity contribution in [3.63, 3.8) is 0 Å². The van der Waals surface area contributed by atoms with Gasteiger partial charge in [0.2, 0.25) is 0 Å². The summed E-state index contributed by atoms with van der Waals surface area (Å²) in [6.07, 6.45) is -2.33. The van der Waals surface area contributed by atoms with Crippen LogP contribution in [-0.2, 0) is 0 Å². The maximum Gasteiger partial charge on any atom is 0.336 e. The molecule has 0 heterocycles. The van der Waals surface area contributed by atoms with Gasteiger partial charge in [-0.2, -0.15) is 0 Å². The third kappa shape index (κ3) is 2.94. The summed E-state index contributed by atoms with van der Waals surface area (Å²) in [7, 11) is 0. The number of aromatic carboxylic acids is 1. The Bertz CT molecular complexity index is 408. The van der Waals surface area contributed by atoms with Gasteiger partial charge in [0.15, 0.2) is 0 Å². The summed E-state index contributed by atoms with van der Waals surface area (Å²) in [5.41, 5.74) is 10.9. The molecule has 0 aliphatic heterocycles. The zero-order valence-corrected chi connectivity index (χ0v) is 9.21. The maximum atomic E-state index is 11.0. The number of aliphatic hydroxyl groups excluding tert-OH is 2. The van der Waals surface area contributed by atoms with Gasteiger partial charge in [0.1, 0.15) is 6.10 Å². The molecule has 0 spiro atoms. The van der Waals surface area contributed by atoms with Crippen LogP contribution in [0.15, 0.2) is 18.2 Å². The Kier molecular flexibility index (Phi) is 4.45. The van der Waals surface area contributed by atoms with E-state index >= 15 is 0 Å². The van der Waals surface area contributed by atoms with Gasteiger partial charge in [0.25, 0.3) is 0 Å². The lowest BCUT2D eigenvalue weighted by Crippen LogP contribution is -2.24. The average Bonchev–Trinajstić information content (AvgIpc) is 2.28. The first-order valence-electron chi connectivity index (χ1n) is 5.17. The minimum atomic E-state index is -1.36. The van der Waals surface area contributed by atoms with Crippen molar-refractivity contribution in [3.05, 3.63) is 29.3 Å². The topological polar surface area (TPSA) is 130 Å². The number of rotatable bonds is 5. The van der Waals surface area contributed by atoms with Crippen molar-refractivity contribution in [2.45, 2.75) is 18.6 Å². The molecule has 6 nitrogen and oxygen atoms in total. The summed E-state index contributed by atoms with van der Waals surface area (Å²) in [4.78, 5) is 11.0. The van der Waals surface area contributed by atoms with Crippen LogP contribution in [0.3, 0.4) is 0 Å². The molecular weight excluding hydrogens is 224 g/mol. The molecule has 0 aliphatic carbocycles. The third-order valence-electron chi connectivity index (χ3n) is 2.49. The Morgan fingerprint density at radius 1 is 1.35 bits per heavy atom. The molecular formula is C11H16N2O4. The van der Waals surface area contributed by atoms with E-state index < -0.39 is 18.2 Å². The van der Waals surface area contributed by atoms with Crippen LogP contribution in [0.1, 0.15) is 28.4 Å². The second-order valence-electron chi connectivity index (χ2n) is 3.70. The summed E-state index contributed by atoms with van der Waals surface area (Å²) in [6.45, 7) is 0.188. The molecule has 0 radical (unpaired) electrons. The molecule has 0 bridgehead atoms. The number of benzene rings is 1. The SMILES string of the molecule is NCCC(O)C(O)c1c(N)cccc1C(=O)O. The van der Waals surface area contributed by atoms with E-state index in [1.807, 2.05) is 0 Å². The Labute approximate surface area is 98.5 Å². The first-order chi connectivity index (χ1) is 7.99. The minimum absolute atomic E-state index is 0.0287. The van der Waals surface area contributed by atoms with E-state index in [1.165, 1.54) is 18.2 Å². The lowest BCUT2D eigenvalue weighted by Gasteiger charge is -2.20. The number of carboxylic acids is 1. The standard InChI is InChI=1S/C11H16N2O4/c12-5-4-8(14)10(15)9-6(11(16)17)2-1-3-7(9)13/h1-3,8,10,14-15H,4-5,12-13H2,(H,16,17). The Morgan fingerprint density at radius 3 is 2.53 bits per heavy atom. The predicted molar refractivity (Wildman–Crippen MR) is 62.5 cm³/mol. The number of hydrogen-bond acceptors (Lipinski definition) is 5. The van der Waals surface area contributed by atoms with Crippen LogP contribution in [0.5, 0.6) is 0 Å².